The Balaban J connectivity index is 2.30. The van der Waals surface area contributed by atoms with E-state index >= 15 is 0 Å². The molecular formula is C11H10O4S. The van der Waals surface area contributed by atoms with Crippen molar-refractivity contribution in [3.05, 3.63) is 23.8 Å². The number of carbonyl (C=O) groups excluding carboxylic acids is 1. The third-order valence-electron chi connectivity index (χ3n) is 2.39. The molecule has 0 saturated carbocycles. The number of Topliss-reactive ketones (excluding diaryl/α,β-unsaturated/α-hetero) is 1. The molecular weight excluding hydrogens is 228 g/mol. The Hall–Kier alpha value is -1.49. The fourth-order valence-corrected chi connectivity index (χ4v) is 3.05. The van der Waals surface area contributed by atoms with E-state index in [1.54, 1.807) is 12.1 Å². The van der Waals surface area contributed by atoms with Crippen LogP contribution in [0, 0.1) is 0 Å². The minimum absolute atomic E-state index is 0.0243. The van der Waals surface area contributed by atoms with Gasteiger partial charge in [-0.05, 0) is 12.1 Å². The highest BCUT2D eigenvalue weighted by atomic mass is 32.2. The smallest absolute Gasteiger partial charge is 0.304 e. The molecule has 5 heteroatoms. The lowest BCUT2D eigenvalue weighted by molar-refractivity contribution is -0.136. The molecule has 0 amide bonds. The van der Waals surface area contributed by atoms with Crippen molar-refractivity contribution in [2.45, 2.75) is 23.0 Å². The fourth-order valence-electron chi connectivity index (χ4n) is 1.74. The van der Waals surface area contributed by atoms with Gasteiger partial charge >= 0.3 is 5.97 Å². The quantitative estimate of drug-likeness (QED) is 0.823. The van der Waals surface area contributed by atoms with Gasteiger partial charge in [-0.15, -0.1) is 11.8 Å². The molecule has 16 heavy (non-hydrogen) atoms. The zero-order valence-corrected chi connectivity index (χ0v) is 9.16. The molecule has 0 saturated heterocycles. The Morgan fingerprint density at radius 2 is 2.25 bits per heavy atom. The largest absolute Gasteiger partial charge is 0.507 e. The van der Waals surface area contributed by atoms with E-state index in [0.29, 0.717) is 10.5 Å². The SMILES string of the molecule is O=C(O)CC1CC(=O)c2c(O)cccc2S1. The van der Waals surface area contributed by atoms with Gasteiger partial charge in [-0.3, -0.25) is 9.59 Å². The first-order valence-electron chi connectivity index (χ1n) is 4.81. The molecule has 1 aromatic rings. The predicted octanol–water partition coefficient (Wildman–Crippen LogP) is 1.91. The maximum atomic E-state index is 11.7. The molecule has 0 fully saturated rings. The maximum absolute atomic E-state index is 11.7. The highest BCUT2D eigenvalue weighted by molar-refractivity contribution is 8.00. The Bertz CT molecular complexity index is 455. The third kappa shape index (κ3) is 2.04. The summed E-state index contributed by atoms with van der Waals surface area (Å²) in [6, 6.07) is 4.85. The molecule has 1 aromatic carbocycles. The molecule has 1 unspecified atom stereocenters. The average molecular weight is 238 g/mol. The van der Waals surface area contributed by atoms with E-state index in [0.717, 1.165) is 0 Å². The van der Waals surface area contributed by atoms with Crippen LogP contribution in [0.2, 0.25) is 0 Å². The number of thioether (sulfide) groups is 1. The monoisotopic (exact) mass is 238 g/mol. The van der Waals surface area contributed by atoms with Gasteiger partial charge in [-0.25, -0.2) is 0 Å². The number of carbonyl (C=O) groups is 2. The summed E-state index contributed by atoms with van der Waals surface area (Å²) in [5, 5.41) is 18.0. The molecule has 1 aliphatic heterocycles. The summed E-state index contributed by atoms with van der Waals surface area (Å²) in [5.41, 5.74) is 0.328. The molecule has 1 aliphatic rings. The summed E-state index contributed by atoms with van der Waals surface area (Å²) >= 11 is 1.34. The van der Waals surface area contributed by atoms with E-state index in [1.807, 2.05) is 0 Å². The number of carboxylic acids is 1. The number of rotatable bonds is 2. The molecule has 0 spiro atoms. The van der Waals surface area contributed by atoms with E-state index in [2.05, 4.69) is 0 Å². The number of hydrogen-bond acceptors (Lipinski definition) is 4. The highest BCUT2D eigenvalue weighted by Crippen LogP contribution is 2.40. The van der Waals surface area contributed by atoms with Crippen LogP contribution in [0.4, 0.5) is 0 Å². The molecule has 1 heterocycles. The first kappa shape index (κ1) is 11.0. The van der Waals surface area contributed by atoms with Crippen molar-refractivity contribution < 1.29 is 19.8 Å². The summed E-state index contributed by atoms with van der Waals surface area (Å²) in [7, 11) is 0. The Labute approximate surface area is 96.3 Å². The molecule has 0 radical (unpaired) electrons. The van der Waals surface area contributed by atoms with Gasteiger partial charge < -0.3 is 10.2 Å². The Morgan fingerprint density at radius 1 is 1.50 bits per heavy atom. The van der Waals surface area contributed by atoms with Crippen molar-refractivity contribution in [3.63, 3.8) is 0 Å². The summed E-state index contributed by atoms with van der Waals surface area (Å²) in [5.74, 6) is -1.12. The van der Waals surface area contributed by atoms with Crippen LogP contribution in [0.25, 0.3) is 0 Å². The van der Waals surface area contributed by atoms with E-state index in [-0.39, 0.29) is 29.6 Å². The number of carboxylic acid groups (broad SMARTS) is 1. The van der Waals surface area contributed by atoms with Gasteiger partial charge in [0.2, 0.25) is 0 Å². The zero-order chi connectivity index (χ0) is 11.7. The average Bonchev–Trinajstić information content (AvgIpc) is 2.15. The van der Waals surface area contributed by atoms with Gasteiger partial charge in [0.1, 0.15) is 5.75 Å². The second-order valence-corrected chi connectivity index (χ2v) is 4.96. The number of phenols is 1. The first-order chi connectivity index (χ1) is 7.58. The topological polar surface area (TPSA) is 74.6 Å². The van der Waals surface area contributed by atoms with Crippen molar-refractivity contribution >= 4 is 23.5 Å². The van der Waals surface area contributed by atoms with Crippen molar-refractivity contribution in [2.75, 3.05) is 0 Å². The normalized spacial score (nSPS) is 19.2. The van der Waals surface area contributed by atoms with Gasteiger partial charge in [-0.2, -0.15) is 0 Å². The molecule has 1 atom stereocenters. The number of phenolic OH excluding ortho intramolecular Hbond substituents is 1. The second kappa shape index (κ2) is 4.17. The summed E-state index contributed by atoms with van der Waals surface area (Å²) in [6.45, 7) is 0. The van der Waals surface area contributed by atoms with Crippen LogP contribution in [-0.4, -0.2) is 27.2 Å². The molecule has 0 aromatic heterocycles. The lowest BCUT2D eigenvalue weighted by Gasteiger charge is -2.22. The fraction of sp³-hybridized carbons (Fsp3) is 0.273. The molecule has 84 valence electrons. The van der Waals surface area contributed by atoms with Gasteiger partial charge in [0.25, 0.3) is 0 Å². The molecule has 2 N–H and O–H groups in total. The number of hydrogen-bond donors (Lipinski definition) is 2. The summed E-state index contributed by atoms with van der Waals surface area (Å²) in [4.78, 5) is 23.0. The lowest BCUT2D eigenvalue weighted by Crippen LogP contribution is -2.20. The van der Waals surface area contributed by atoms with Gasteiger partial charge in [0, 0.05) is 16.6 Å². The minimum atomic E-state index is -0.908. The van der Waals surface area contributed by atoms with Crippen LogP contribution in [0.1, 0.15) is 23.2 Å². The predicted molar refractivity (Wildman–Crippen MR) is 59.0 cm³/mol. The molecule has 4 nitrogen and oxygen atoms in total. The zero-order valence-electron chi connectivity index (χ0n) is 8.34. The van der Waals surface area contributed by atoms with Crippen LogP contribution in [-0.2, 0) is 4.79 Å². The minimum Gasteiger partial charge on any atom is -0.507 e. The van der Waals surface area contributed by atoms with Crippen LogP contribution in [0.15, 0.2) is 23.1 Å². The third-order valence-corrected chi connectivity index (χ3v) is 3.65. The van der Waals surface area contributed by atoms with Crippen molar-refractivity contribution in [3.8, 4) is 5.75 Å². The maximum Gasteiger partial charge on any atom is 0.304 e. The lowest BCUT2D eigenvalue weighted by atomic mass is 10.0. The van der Waals surface area contributed by atoms with Crippen LogP contribution in [0.5, 0.6) is 5.75 Å². The van der Waals surface area contributed by atoms with E-state index in [4.69, 9.17) is 5.11 Å². The van der Waals surface area contributed by atoms with Crippen LogP contribution >= 0.6 is 11.8 Å². The number of aromatic hydroxyl groups is 1. The van der Waals surface area contributed by atoms with E-state index in [1.165, 1.54) is 17.8 Å². The first-order valence-corrected chi connectivity index (χ1v) is 5.69. The number of fused-ring (bicyclic) bond motifs is 1. The molecule has 2 rings (SSSR count). The molecule has 0 bridgehead atoms. The van der Waals surface area contributed by atoms with Crippen LogP contribution < -0.4 is 0 Å². The van der Waals surface area contributed by atoms with Gasteiger partial charge in [0.15, 0.2) is 5.78 Å². The van der Waals surface area contributed by atoms with Crippen molar-refractivity contribution in [1.82, 2.24) is 0 Å². The Kier molecular flexibility index (Phi) is 2.87. The standard InChI is InChI=1S/C11H10O4S/c12-7-2-1-3-9-11(7)8(13)4-6(16-9)5-10(14)15/h1-3,6,12H,4-5H2,(H,14,15). The van der Waals surface area contributed by atoms with Crippen LogP contribution in [0.3, 0.4) is 0 Å². The van der Waals surface area contributed by atoms with E-state index < -0.39 is 5.97 Å². The molecule has 0 aliphatic carbocycles. The highest BCUT2D eigenvalue weighted by Gasteiger charge is 2.29. The number of aliphatic carboxylic acids is 1. The Morgan fingerprint density at radius 3 is 2.94 bits per heavy atom. The second-order valence-electron chi connectivity index (χ2n) is 3.62. The van der Waals surface area contributed by atoms with E-state index in [9.17, 15) is 14.7 Å². The summed E-state index contributed by atoms with van der Waals surface area (Å²) < 4.78 is 0. The van der Waals surface area contributed by atoms with Gasteiger partial charge in [-0.1, -0.05) is 6.07 Å². The van der Waals surface area contributed by atoms with Crippen molar-refractivity contribution in [1.29, 1.82) is 0 Å². The summed E-state index contributed by atoms with van der Waals surface area (Å²) in [6.07, 6.45) is 0.132. The number of ketones is 1. The van der Waals surface area contributed by atoms with Crippen molar-refractivity contribution in [2.24, 2.45) is 0 Å². The van der Waals surface area contributed by atoms with Gasteiger partial charge in [0.05, 0.1) is 12.0 Å². The number of benzene rings is 1.